The first kappa shape index (κ1) is 16.8. The number of thioether (sulfide) groups is 1. The van der Waals surface area contributed by atoms with Crippen LogP contribution in [0.5, 0.6) is 0 Å². The summed E-state index contributed by atoms with van der Waals surface area (Å²) < 4.78 is 5.83. The van der Waals surface area contributed by atoms with E-state index in [0.29, 0.717) is 26.5 Å². The monoisotopic (exact) mass is 392 g/mol. The Morgan fingerprint density at radius 2 is 1.96 bits per heavy atom. The van der Waals surface area contributed by atoms with Crippen LogP contribution in [0.1, 0.15) is 18.6 Å². The van der Waals surface area contributed by atoms with E-state index in [0.717, 1.165) is 36.7 Å². The Morgan fingerprint density at radius 1 is 1.16 bits per heavy atom. The molecule has 1 saturated heterocycles. The van der Waals surface area contributed by atoms with Crippen molar-refractivity contribution in [3.8, 4) is 11.3 Å². The summed E-state index contributed by atoms with van der Waals surface area (Å²) in [6.07, 6.45) is 4.03. The van der Waals surface area contributed by atoms with E-state index < -0.39 is 0 Å². The lowest BCUT2D eigenvalue weighted by atomic mass is 10.2. The number of furan rings is 1. The molecule has 2 aromatic rings. The second kappa shape index (κ2) is 6.90. The zero-order valence-electron chi connectivity index (χ0n) is 13.2. The summed E-state index contributed by atoms with van der Waals surface area (Å²) in [4.78, 5) is 19.0. The van der Waals surface area contributed by atoms with Gasteiger partial charge in [0.2, 0.25) is 0 Å². The number of amidine groups is 1. The Kier molecular flexibility index (Phi) is 4.63. The van der Waals surface area contributed by atoms with E-state index >= 15 is 0 Å². The van der Waals surface area contributed by atoms with Crippen LogP contribution >= 0.6 is 35.0 Å². The molecule has 0 unspecified atom stereocenters. The first-order chi connectivity index (χ1) is 12.1. The Hall–Kier alpha value is -1.69. The third kappa shape index (κ3) is 3.50. The lowest BCUT2D eigenvalue weighted by Crippen LogP contribution is -2.23. The molecule has 3 heterocycles. The Balaban J connectivity index is 1.55. The van der Waals surface area contributed by atoms with Crippen LogP contribution in [0.4, 0.5) is 0 Å². The zero-order valence-corrected chi connectivity index (χ0v) is 15.5. The maximum absolute atomic E-state index is 12.1. The number of likely N-dealkylation sites (tertiary alicyclic amines) is 1. The van der Waals surface area contributed by atoms with Crippen molar-refractivity contribution in [2.24, 2.45) is 4.99 Å². The highest BCUT2D eigenvalue weighted by Gasteiger charge is 2.27. The number of hydrogen-bond acceptors (Lipinski definition) is 4. The number of halogens is 2. The van der Waals surface area contributed by atoms with E-state index in [9.17, 15) is 4.79 Å². The molecule has 0 N–H and O–H groups in total. The Bertz CT molecular complexity index is 898. The van der Waals surface area contributed by atoms with Crippen LogP contribution in [0.15, 0.2) is 44.6 Å². The van der Waals surface area contributed by atoms with Crippen LogP contribution < -0.4 is 0 Å². The quantitative estimate of drug-likeness (QED) is 0.648. The summed E-state index contributed by atoms with van der Waals surface area (Å²) in [6.45, 7) is 1.93. The molecule has 4 nitrogen and oxygen atoms in total. The van der Waals surface area contributed by atoms with Crippen molar-refractivity contribution in [1.82, 2.24) is 4.90 Å². The minimum Gasteiger partial charge on any atom is -0.457 e. The van der Waals surface area contributed by atoms with E-state index in [4.69, 9.17) is 27.6 Å². The molecule has 0 atom stereocenters. The van der Waals surface area contributed by atoms with E-state index in [1.807, 2.05) is 18.2 Å². The van der Waals surface area contributed by atoms with Gasteiger partial charge in [0.1, 0.15) is 11.5 Å². The molecular formula is C18H14Cl2N2O2S. The summed E-state index contributed by atoms with van der Waals surface area (Å²) in [6, 6.07) is 8.88. The topological polar surface area (TPSA) is 45.8 Å². The number of carbonyl (C=O) groups excluding carboxylic acids is 1. The maximum Gasteiger partial charge on any atom is 0.286 e. The minimum absolute atomic E-state index is 0.214. The maximum atomic E-state index is 12.1. The number of nitrogens with zero attached hydrogens (tertiary/aromatic N) is 2. The predicted octanol–water partition coefficient (Wildman–Crippen LogP) is 5.32. The van der Waals surface area contributed by atoms with Gasteiger partial charge in [-0.25, -0.2) is 0 Å². The molecule has 1 aromatic heterocycles. The number of aliphatic imine (C=N–C) groups is 1. The molecule has 2 aliphatic rings. The van der Waals surface area contributed by atoms with Crippen molar-refractivity contribution < 1.29 is 9.21 Å². The van der Waals surface area contributed by atoms with Crippen molar-refractivity contribution in [3.05, 3.63) is 51.0 Å². The highest BCUT2D eigenvalue weighted by molar-refractivity contribution is 8.18. The standard InChI is InChI=1S/C18H14Cl2N2O2S/c19-11-3-5-13(14(20)9-11)15-6-4-12(24-15)10-16-17(23)21-18(25-16)22-7-1-2-8-22/h3-6,9-10H,1-2,7-8H2. The van der Waals surface area contributed by atoms with Crippen molar-refractivity contribution in [3.63, 3.8) is 0 Å². The second-order valence-electron chi connectivity index (χ2n) is 5.83. The van der Waals surface area contributed by atoms with Gasteiger partial charge in [0.15, 0.2) is 5.17 Å². The SMILES string of the molecule is O=C1N=C(N2CCCC2)SC1=Cc1ccc(-c2ccc(Cl)cc2Cl)o1. The Labute approximate surface area is 159 Å². The Morgan fingerprint density at radius 3 is 2.72 bits per heavy atom. The second-order valence-corrected chi connectivity index (χ2v) is 7.68. The highest BCUT2D eigenvalue weighted by Crippen LogP contribution is 2.34. The molecule has 7 heteroatoms. The molecular weight excluding hydrogens is 379 g/mol. The van der Waals surface area contributed by atoms with Gasteiger partial charge < -0.3 is 9.32 Å². The van der Waals surface area contributed by atoms with Crippen LogP contribution in [0.2, 0.25) is 10.0 Å². The van der Waals surface area contributed by atoms with Gasteiger partial charge in [-0.3, -0.25) is 4.79 Å². The van der Waals surface area contributed by atoms with Gasteiger partial charge >= 0.3 is 0 Å². The van der Waals surface area contributed by atoms with Gasteiger partial charge in [0.05, 0.1) is 9.93 Å². The lowest BCUT2D eigenvalue weighted by Gasteiger charge is -2.14. The van der Waals surface area contributed by atoms with E-state index in [2.05, 4.69) is 9.89 Å². The molecule has 4 rings (SSSR count). The first-order valence-corrected chi connectivity index (χ1v) is 9.50. The normalized spacial score (nSPS) is 19.1. The molecule has 1 fully saturated rings. The van der Waals surface area contributed by atoms with Crippen molar-refractivity contribution in [2.75, 3.05) is 13.1 Å². The molecule has 0 saturated carbocycles. The molecule has 1 amide bonds. The van der Waals surface area contributed by atoms with Crippen LogP contribution in [0, 0.1) is 0 Å². The highest BCUT2D eigenvalue weighted by atomic mass is 35.5. The average molecular weight is 393 g/mol. The van der Waals surface area contributed by atoms with Crippen molar-refractivity contribution >= 4 is 52.1 Å². The summed E-state index contributed by atoms with van der Waals surface area (Å²) in [5.74, 6) is 1.01. The molecule has 25 heavy (non-hydrogen) atoms. The van der Waals surface area contributed by atoms with E-state index in [-0.39, 0.29) is 5.91 Å². The third-order valence-corrected chi connectivity index (χ3v) is 5.67. The van der Waals surface area contributed by atoms with Crippen LogP contribution in [-0.4, -0.2) is 29.1 Å². The number of carbonyl (C=O) groups is 1. The van der Waals surface area contributed by atoms with Gasteiger partial charge in [-0.2, -0.15) is 4.99 Å². The summed E-state index contributed by atoms with van der Waals surface area (Å²) in [7, 11) is 0. The number of rotatable bonds is 2. The molecule has 0 spiro atoms. The van der Waals surface area contributed by atoms with Crippen LogP contribution in [-0.2, 0) is 4.79 Å². The zero-order chi connectivity index (χ0) is 17.4. The van der Waals surface area contributed by atoms with E-state index in [1.54, 1.807) is 18.2 Å². The average Bonchev–Trinajstić information content (AvgIpc) is 3.30. The predicted molar refractivity (Wildman–Crippen MR) is 103 cm³/mol. The molecule has 0 bridgehead atoms. The van der Waals surface area contributed by atoms with Crippen molar-refractivity contribution in [1.29, 1.82) is 0 Å². The van der Waals surface area contributed by atoms with Crippen LogP contribution in [0.3, 0.4) is 0 Å². The number of benzene rings is 1. The van der Waals surface area contributed by atoms with E-state index in [1.165, 1.54) is 11.8 Å². The van der Waals surface area contributed by atoms with Gasteiger partial charge in [-0.05, 0) is 54.9 Å². The molecule has 1 aromatic carbocycles. The smallest absolute Gasteiger partial charge is 0.286 e. The van der Waals surface area contributed by atoms with Gasteiger partial charge in [0.25, 0.3) is 5.91 Å². The fraction of sp³-hybridized carbons (Fsp3) is 0.222. The van der Waals surface area contributed by atoms with Crippen molar-refractivity contribution in [2.45, 2.75) is 12.8 Å². The number of hydrogen-bond donors (Lipinski definition) is 0. The fourth-order valence-electron chi connectivity index (χ4n) is 2.84. The third-order valence-electron chi connectivity index (χ3n) is 4.08. The minimum atomic E-state index is -0.214. The summed E-state index contributed by atoms with van der Waals surface area (Å²) in [5, 5.41) is 1.88. The molecule has 0 radical (unpaired) electrons. The lowest BCUT2D eigenvalue weighted by molar-refractivity contribution is -0.113. The van der Waals surface area contributed by atoms with Gasteiger partial charge in [0, 0.05) is 29.8 Å². The van der Waals surface area contributed by atoms with Gasteiger partial charge in [-0.1, -0.05) is 23.2 Å². The van der Waals surface area contributed by atoms with Crippen LogP contribution in [0.25, 0.3) is 17.4 Å². The summed E-state index contributed by atoms with van der Waals surface area (Å²) >= 11 is 13.5. The number of amides is 1. The molecule has 128 valence electrons. The van der Waals surface area contributed by atoms with Gasteiger partial charge in [-0.15, -0.1) is 0 Å². The largest absolute Gasteiger partial charge is 0.457 e. The molecule has 0 aliphatic carbocycles. The first-order valence-electron chi connectivity index (χ1n) is 7.93. The molecule has 2 aliphatic heterocycles. The fourth-order valence-corrected chi connectivity index (χ4v) is 4.28. The summed E-state index contributed by atoms with van der Waals surface area (Å²) in [5.41, 5.74) is 0.759.